The van der Waals surface area contributed by atoms with Crippen LogP contribution in [-0.4, -0.2) is 30.9 Å². The second-order valence-electron chi connectivity index (χ2n) is 5.34. The van der Waals surface area contributed by atoms with Crippen molar-refractivity contribution >= 4 is 0 Å². The van der Waals surface area contributed by atoms with Gasteiger partial charge in [0.15, 0.2) is 10.8 Å². The third-order valence-electron chi connectivity index (χ3n) is 4.26. The lowest BCUT2D eigenvalue weighted by molar-refractivity contribution is -0.480. The van der Waals surface area contributed by atoms with E-state index in [0.29, 0.717) is 0 Å². The first-order valence-corrected chi connectivity index (χ1v) is 5.92. The standard InChI is InChI=1S/C10H5F15/c11-6(12,13)3-1-2-4(7(14,15)16,8(17,18)19)5(3,9(20,21)22)10(23,24)25/h3H,1-2H2. The Hall–Kier alpha value is -1.05. The van der Waals surface area contributed by atoms with E-state index in [2.05, 4.69) is 0 Å². The molecule has 0 heterocycles. The van der Waals surface area contributed by atoms with Gasteiger partial charge in [-0.15, -0.1) is 0 Å². The molecular weight excluding hydrogens is 405 g/mol. The topological polar surface area (TPSA) is 0 Å². The van der Waals surface area contributed by atoms with Gasteiger partial charge in [0, 0.05) is 0 Å². The molecule has 1 fully saturated rings. The van der Waals surface area contributed by atoms with Gasteiger partial charge in [-0.3, -0.25) is 0 Å². The second-order valence-corrected chi connectivity index (χ2v) is 5.34. The minimum atomic E-state index is -7.55. The van der Waals surface area contributed by atoms with Crippen LogP contribution in [0.4, 0.5) is 65.9 Å². The lowest BCUT2D eigenvalue weighted by Gasteiger charge is -2.50. The molecule has 1 atom stereocenters. The fourth-order valence-corrected chi connectivity index (χ4v) is 3.41. The molecule has 15 heteroatoms. The summed E-state index contributed by atoms with van der Waals surface area (Å²) in [7, 11) is 0. The van der Waals surface area contributed by atoms with Gasteiger partial charge in [-0.25, -0.2) is 0 Å². The summed E-state index contributed by atoms with van der Waals surface area (Å²) in [5.74, 6) is -4.97. The molecule has 0 aromatic heterocycles. The van der Waals surface area contributed by atoms with Crippen molar-refractivity contribution in [3.8, 4) is 0 Å². The van der Waals surface area contributed by atoms with Crippen LogP contribution in [0.1, 0.15) is 12.8 Å². The predicted octanol–water partition coefficient (Wildman–Crippen LogP) is 6.18. The van der Waals surface area contributed by atoms with Crippen LogP contribution in [0, 0.1) is 16.7 Å². The zero-order valence-corrected chi connectivity index (χ0v) is 11.2. The van der Waals surface area contributed by atoms with Gasteiger partial charge >= 0.3 is 30.9 Å². The van der Waals surface area contributed by atoms with Gasteiger partial charge in [-0.2, -0.15) is 65.9 Å². The zero-order chi connectivity index (χ0) is 20.5. The van der Waals surface area contributed by atoms with Crippen LogP contribution in [0.5, 0.6) is 0 Å². The van der Waals surface area contributed by atoms with E-state index < -0.39 is 60.5 Å². The molecule has 1 aliphatic carbocycles. The molecule has 0 saturated heterocycles. The molecule has 150 valence electrons. The van der Waals surface area contributed by atoms with E-state index in [-0.39, 0.29) is 0 Å². The molecule has 0 aliphatic heterocycles. The minimum absolute atomic E-state index is 2.65. The molecule has 0 radical (unpaired) electrons. The van der Waals surface area contributed by atoms with Gasteiger partial charge in [-0.1, -0.05) is 0 Å². The SMILES string of the molecule is FC(F)(F)C1CCC(C(F)(F)F)(C(F)(F)F)C1(C(F)(F)F)C(F)(F)F. The smallest absolute Gasteiger partial charge is 0.171 e. The van der Waals surface area contributed by atoms with Crippen LogP contribution in [0.3, 0.4) is 0 Å². The summed E-state index contributed by atoms with van der Waals surface area (Å²) in [5, 5.41) is 0. The number of hydrogen-bond donors (Lipinski definition) is 0. The van der Waals surface area contributed by atoms with Crippen LogP contribution in [-0.2, 0) is 0 Å². The third kappa shape index (κ3) is 2.62. The molecule has 1 saturated carbocycles. The summed E-state index contributed by atoms with van der Waals surface area (Å²) in [6.45, 7) is 0. The Kier molecular flexibility index (Phi) is 4.61. The van der Waals surface area contributed by atoms with E-state index in [1.54, 1.807) is 0 Å². The molecule has 0 aromatic carbocycles. The van der Waals surface area contributed by atoms with Crippen molar-refractivity contribution in [2.75, 3.05) is 0 Å². The van der Waals surface area contributed by atoms with Crippen molar-refractivity contribution in [3.05, 3.63) is 0 Å². The first-order valence-electron chi connectivity index (χ1n) is 5.92. The first-order chi connectivity index (χ1) is 10.6. The highest BCUT2D eigenvalue weighted by molar-refractivity contribution is 5.20. The van der Waals surface area contributed by atoms with Crippen molar-refractivity contribution < 1.29 is 65.9 Å². The number of alkyl halides is 15. The van der Waals surface area contributed by atoms with Crippen LogP contribution >= 0.6 is 0 Å². The van der Waals surface area contributed by atoms with Gasteiger partial charge < -0.3 is 0 Å². The van der Waals surface area contributed by atoms with E-state index in [4.69, 9.17) is 0 Å². The highest BCUT2D eigenvalue weighted by Crippen LogP contribution is 2.79. The van der Waals surface area contributed by atoms with E-state index in [9.17, 15) is 65.9 Å². The van der Waals surface area contributed by atoms with Gasteiger partial charge in [-0.05, 0) is 12.8 Å². The Balaban J connectivity index is 4.16. The monoisotopic (exact) mass is 410 g/mol. The Labute approximate surface area is 128 Å². The fourth-order valence-electron chi connectivity index (χ4n) is 3.41. The Morgan fingerprint density at radius 1 is 0.520 bits per heavy atom. The van der Waals surface area contributed by atoms with Crippen molar-refractivity contribution in [2.45, 2.75) is 43.7 Å². The summed E-state index contributed by atoms with van der Waals surface area (Å²) in [6, 6.07) is 0. The molecule has 0 bridgehead atoms. The normalized spacial score (nSPS) is 25.3. The van der Waals surface area contributed by atoms with Crippen molar-refractivity contribution in [2.24, 2.45) is 16.7 Å². The molecule has 0 aromatic rings. The average Bonchev–Trinajstić information content (AvgIpc) is 2.61. The first kappa shape index (κ1) is 22.0. The van der Waals surface area contributed by atoms with Crippen LogP contribution in [0.25, 0.3) is 0 Å². The predicted molar refractivity (Wildman–Crippen MR) is 47.9 cm³/mol. The van der Waals surface area contributed by atoms with E-state index in [0.717, 1.165) is 0 Å². The highest BCUT2D eigenvalue weighted by atomic mass is 19.4. The summed E-state index contributed by atoms with van der Waals surface area (Å²) >= 11 is 0. The van der Waals surface area contributed by atoms with Crippen LogP contribution < -0.4 is 0 Å². The molecule has 0 spiro atoms. The zero-order valence-electron chi connectivity index (χ0n) is 11.2. The molecule has 1 rings (SSSR count). The molecule has 0 N–H and O–H groups in total. The summed E-state index contributed by atoms with van der Waals surface area (Å²) < 4.78 is 194. The van der Waals surface area contributed by atoms with E-state index in [1.165, 1.54) is 0 Å². The molecule has 0 nitrogen and oxygen atoms in total. The van der Waals surface area contributed by atoms with Crippen LogP contribution in [0.2, 0.25) is 0 Å². The highest BCUT2D eigenvalue weighted by Gasteiger charge is 2.98. The maximum absolute atomic E-state index is 13.0. The van der Waals surface area contributed by atoms with E-state index >= 15 is 0 Å². The van der Waals surface area contributed by atoms with Crippen molar-refractivity contribution in [3.63, 3.8) is 0 Å². The van der Waals surface area contributed by atoms with Gasteiger partial charge in [0.05, 0.1) is 5.92 Å². The Bertz CT molecular complexity index is 467. The summed E-state index contributed by atoms with van der Waals surface area (Å²) in [5.41, 5.74) is -13.8. The number of hydrogen-bond acceptors (Lipinski definition) is 0. The molecule has 0 amide bonds. The van der Waals surface area contributed by atoms with Gasteiger partial charge in [0.1, 0.15) is 0 Å². The Morgan fingerprint density at radius 2 is 0.840 bits per heavy atom. The van der Waals surface area contributed by atoms with Gasteiger partial charge in [0.25, 0.3) is 0 Å². The van der Waals surface area contributed by atoms with Crippen molar-refractivity contribution in [1.82, 2.24) is 0 Å². The quantitative estimate of drug-likeness (QED) is 0.419. The third-order valence-corrected chi connectivity index (χ3v) is 4.26. The molecular formula is C10H5F15. The molecule has 25 heavy (non-hydrogen) atoms. The Morgan fingerprint density at radius 3 is 1.04 bits per heavy atom. The fraction of sp³-hybridized carbons (Fsp3) is 1.00. The van der Waals surface area contributed by atoms with Crippen molar-refractivity contribution in [1.29, 1.82) is 0 Å². The number of rotatable bonds is 0. The van der Waals surface area contributed by atoms with Crippen LogP contribution in [0.15, 0.2) is 0 Å². The summed E-state index contributed by atoms with van der Waals surface area (Å²) in [6.07, 6.45) is -42.1. The second kappa shape index (κ2) is 5.24. The molecule has 1 unspecified atom stereocenters. The summed E-state index contributed by atoms with van der Waals surface area (Å²) in [4.78, 5) is 0. The lowest BCUT2D eigenvalue weighted by Crippen LogP contribution is -2.71. The number of halogens is 15. The minimum Gasteiger partial charge on any atom is -0.171 e. The molecule has 1 aliphatic rings. The lowest BCUT2D eigenvalue weighted by atomic mass is 9.59. The van der Waals surface area contributed by atoms with E-state index in [1.807, 2.05) is 0 Å². The maximum Gasteiger partial charge on any atom is 0.405 e. The largest absolute Gasteiger partial charge is 0.405 e. The van der Waals surface area contributed by atoms with Gasteiger partial charge in [0.2, 0.25) is 0 Å². The maximum atomic E-state index is 13.0. The average molecular weight is 410 g/mol.